The third kappa shape index (κ3) is 5.48. The zero-order valence-electron chi connectivity index (χ0n) is 36.8. The summed E-state index contributed by atoms with van der Waals surface area (Å²) in [5.74, 6) is 0. The Morgan fingerprint density at radius 1 is 0.453 bits per heavy atom. The van der Waals surface area contributed by atoms with E-state index in [4.69, 9.17) is 0 Å². The number of aromatic nitrogens is 3. The molecule has 0 fully saturated rings. The number of thiophene rings is 1. The molecule has 0 bridgehead atoms. The molecule has 1 unspecified atom stereocenters. The maximum absolute atomic E-state index is 2.67. The Hall–Kier alpha value is -7.01. The van der Waals surface area contributed by atoms with Crippen LogP contribution in [0.4, 0.5) is 0 Å². The smallest absolute Gasteiger partial charge is 0.231 e. The zero-order chi connectivity index (χ0) is 43.2. The van der Waals surface area contributed by atoms with Gasteiger partial charge in [0.15, 0.2) is 11.7 Å². The Morgan fingerprint density at radius 3 is 1.72 bits per heavy atom. The van der Waals surface area contributed by atoms with Crippen molar-refractivity contribution in [2.45, 2.75) is 57.9 Å². The fraction of sp³-hybridized carbons (Fsp3) is 0.150. The van der Waals surface area contributed by atoms with Crippen LogP contribution < -0.4 is 4.57 Å². The summed E-state index contributed by atoms with van der Waals surface area (Å²) in [6, 6.07) is 69.8. The predicted molar refractivity (Wildman–Crippen MR) is 271 cm³/mol. The van der Waals surface area contributed by atoms with E-state index in [0.29, 0.717) is 0 Å². The quantitative estimate of drug-likeness (QED) is 0.135. The number of fused-ring (bicyclic) bond motifs is 9. The van der Waals surface area contributed by atoms with E-state index in [1.807, 2.05) is 11.3 Å². The largest absolute Gasteiger partial charge is 0.309 e. The molecule has 11 aromatic rings. The van der Waals surface area contributed by atoms with Crippen molar-refractivity contribution in [1.29, 1.82) is 0 Å². The zero-order valence-corrected chi connectivity index (χ0v) is 37.7. The Balaban J connectivity index is 1.05. The molecule has 3 nitrogen and oxygen atoms in total. The van der Waals surface area contributed by atoms with E-state index < -0.39 is 0 Å². The fourth-order valence-corrected chi connectivity index (χ4v) is 13.0. The topological polar surface area (TPSA) is 13.7 Å². The fourth-order valence-electron chi connectivity index (χ4n) is 11.7. The molecule has 0 aliphatic carbocycles. The summed E-state index contributed by atoms with van der Waals surface area (Å²) in [5.41, 5.74) is 16.2. The van der Waals surface area contributed by atoms with Crippen LogP contribution in [0, 0.1) is 0 Å². The van der Waals surface area contributed by atoms with Crippen molar-refractivity contribution in [2.24, 2.45) is 0 Å². The molecule has 0 radical (unpaired) electrons. The third-order valence-corrected chi connectivity index (χ3v) is 16.2. The molecule has 310 valence electrons. The third-order valence-electron chi connectivity index (χ3n) is 15.1. The van der Waals surface area contributed by atoms with Gasteiger partial charge in [-0.05, 0) is 114 Å². The summed E-state index contributed by atoms with van der Waals surface area (Å²) in [6.45, 7) is 9.71. The summed E-state index contributed by atoms with van der Waals surface area (Å²) in [4.78, 5) is 2.72. The van der Waals surface area contributed by atoms with Crippen molar-refractivity contribution in [3.05, 3.63) is 200 Å². The van der Waals surface area contributed by atoms with E-state index in [1.54, 1.807) is 0 Å². The van der Waals surface area contributed by atoms with Gasteiger partial charge < -0.3 is 9.13 Å². The van der Waals surface area contributed by atoms with E-state index >= 15 is 0 Å². The highest BCUT2D eigenvalue weighted by molar-refractivity contribution is 7.19. The first-order valence-corrected chi connectivity index (χ1v) is 23.8. The summed E-state index contributed by atoms with van der Waals surface area (Å²) >= 11 is 1.96. The molecule has 0 saturated carbocycles. The molecule has 12 rings (SSSR count). The average Bonchev–Trinajstić information content (AvgIpc) is 4.05. The van der Waals surface area contributed by atoms with Crippen LogP contribution in [0.2, 0.25) is 0 Å². The lowest BCUT2D eigenvalue weighted by Crippen LogP contribution is -2.68. The normalized spacial score (nSPS) is 15.6. The molecule has 0 spiro atoms. The van der Waals surface area contributed by atoms with Crippen LogP contribution in [0.25, 0.3) is 98.3 Å². The second-order valence-corrected chi connectivity index (χ2v) is 18.9. The second kappa shape index (κ2) is 14.8. The molecule has 7 aromatic carbocycles. The van der Waals surface area contributed by atoms with Gasteiger partial charge in [-0.2, -0.15) is 4.57 Å². The Kier molecular flexibility index (Phi) is 8.93. The Bertz CT molecular complexity index is 3570. The van der Waals surface area contributed by atoms with Gasteiger partial charge in [-0.15, -0.1) is 11.3 Å². The number of hydrogen-bond acceptors (Lipinski definition) is 1. The molecule has 64 heavy (non-hydrogen) atoms. The minimum Gasteiger partial charge on any atom is -0.309 e. The number of nitrogens with zero attached hydrogens (tertiary/aromatic N) is 3. The van der Waals surface area contributed by atoms with Gasteiger partial charge in [0.25, 0.3) is 0 Å². The van der Waals surface area contributed by atoms with Crippen LogP contribution in [-0.4, -0.2) is 9.13 Å². The molecule has 0 amide bonds. The number of benzene rings is 7. The molecule has 0 saturated heterocycles. The average molecular weight is 845 g/mol. The van der Waals surface area contributed by atoms with Gasteiger partial charge in [0.05, 0.1) is 33.0 Å². The monoisotopic (exact) mass is 844 g/mol. The van der Waals surface area contributed by atoms with Crippen LogP contribution in [-0.2, 0) is 11.0 Å². The SMILES string of the molecule is CCC1(C)c2cc(-c3cccc(-c4ccc5c(c4)c4cc6c7ccccc7n(-c7ccccc7)c6cc4n5-c4ccccc4)c3)sc2-c2c(-c3ccccc3)ccc[n+]2C1(CC)CC. The first kappa shape index (κ1) is 38.6. The molecule has 1 aliphatic heterocycles. The van der Waals surface area contributed by atoms with Gasteiger partial charge >= 0.3 is 0 Å². The molecule has 0 N–H and O–H groups in total. The van der Waals surface area contributed by atoms with Crippen LogP contribution in [0.5, 0.6) is 0 Å². The van der Waals surface area contributed by atoms with Crippen LogP contribution in [0.1, 0.15) is 52.5 Å². The number of rotatable bonds is 8. The lowest BCUT2D eigenvalue weighted by Gasteiger charge is -2.47. The molecular weight excluding hydrogens is 795 g/mol. The Labute approximate surface area is 379 Å². The lowest BCUT2D eigenvalue weighted by atomic mass is 9.60. The number of para-hydroxylation sites is 3. The first-order chi connectivity index (χ1) is 31.5. The van der Waals surface area contributed by atoms with E-state index in [0.717, 1.165) is 30.6 Å². The Morgan fingerprint density at radius 2 is 1.03 bits per heavy atom. The summed E-state index contributed by atoms with van der Waals surface area (Å²) in [5, 5.41) is 5.03. The van der Waals surface area contributed by atoms with E-state index in [-0.39, 0.29) is 11.0 Å². The highest BCUT2D eigenvalue weighted by atomic mass is 32.1. The molecule has 1 aliphatic rings. The highest BCUT2D eigenvalue weighted by Gasteiger charge is 2.59. The van der Waals surface area contributed by atoms with Crippen molar-refractivity contribution in [3.8, 4) is 54.6 Å². The minimum atomic E-state index is -0.0502. The van der Waals surface area contributed by atoms with Gasteiger partial charge in [-0.3, -0.25) is 0 Å². The second-order valence-electron chi connectivity index (χ2n) is 17.8. The van der Waals surface area contributed by atoms with E-state index in [9.17, 15) is 0 Å². The van der Waals surface area contributed by atoms with Gasteiger partial charge in [0, 0.05) is 56.7 Å². The molecule has 1 atom stereocenters. The maximum atomic E-state index is 2.67. The lowest BCUT2D eigenvalue weighted by molar-refractivity contribution is -0.769. The van der Waals surface area contributed by atoms with Crippen molar-refractivity contribution < 1.29 is 4.57 Å². The van der Waals surface area contributed by atoms with E-state index in [2.05, 4.69) is 236 Å². The number of hydrogen-bond donors (Lipinski definition) is 0. The van der Waals surface area contributed by atoms with Gasteiger partial charge in [0.2, 0.25) is 5.69 Å². The molecular formula is C60H50N3S+. The predicted octanol–water partition coefficient (Wildman–Crippen LogP) is 16.1. The standard InChI is InChI=1S/C60H50N3S/c1-5-59(4)51-38-56(64-58(51)57-46(40-21-11-8-12-22-40)30-20-34-61(57)60(59,6-2)7-3)43-24-19-23-41(35-43)42-32-33-53-48(36-42)50-37-49-47-29-17-18-31-52(47)62(44-25-13-9-14-26-44)54(49)39-55(50)63(53)45-27-15-10-16-28-45/h8-39H,5-7H2,1-4H3/q+1. The highest BCUT2D eigenvalue weighted by Crippen LogP contribution is 2.56. The molecule has 4 aromatic heterocycles. The first-order valence-electron chi connectivity index (χ1n) is 22.9. The van der Waals surface area contributed by atoms with Crippen LogP contribution in [0.3, 0.4) is 0 Å². The van der Waals surface area contributed by atoms with Crippen molar-refractivity contribution in [3.63, 3.8) is 0 Å². The summed E-state index contributed by atoms with van der Waals surface area (Å²) in [6.07, 6.45) is 5.56. The van der Waals surface area contributed by atoms with Gasteiger partial charge in [-0.1, -0.05) is 130 Å². The molecule has 5 heterocycles. The van der Waals surface area contributed by atoms with Gasteiger partial charge in [-0.25, -0.2) is 0 Å². The van der Waals surface area contributed by atoms with Crippen molar-refractivity contribution in [2.75, 3.05) is 0 Å². The van der Waals surface area contributed by atoms with Crippen molar-refractivity contribution in [1.82, 2.24) is 9.13 Å². The number of pyridine rings is 1. The van der Waals surface area contributed by atoms with Crippen LogP contribution >= 0.6 is 11.3 Å². The maximum Gasteiger partial charge on any atom is 0.231 e. The summed E-state index contributed by atoms with van der Waals surface area (Å²) in [7, 11) is 0. The van der Waals surface area contributed by atoms with Crippen LogP contribution in [0.15, 0.2) is 194 Å². The van der Waals surface area contributed by atoms with Crippen molar-refractivity contribution >= 4 is 54.9 Å². The van der Waals surface area contributed by atoms with E-state index in [1.165, 1.54) is 92.4 Å². The minimum absolute atomic E-state index is 0.0397. The molecule has 4 heteroatoms. The summed E-state index contributed by atoms with van der Waals surface area (Å²) < 4.78 is 7.54. The van der Waals surface area contributed by atoms with Gasteiger partial charge in [0.1, 0.15) is 4.88 Å².